The first-order chi connectivity index (χ1) is 26.7. The standard InChI is InChI=1S/C48H32N2S.C3H6/c1-3-14-33(15-4-1)34-26-29-37(30-27-34)49(36-16-5-2-6-17-36)42-21-10-7-18-38(42)35-28-31-44-41(32-35)39-19-8-11-22-43(39)50(44)45-23-13-25-47-48(45)40-20-9-12-24-46(40)51-47;1-3-2/h1-32H;3H,1H2,2H3. The third-order valence-corrected chi connectivity index (χ3v) is 11.1. The highest BCUT2D eigenvalue weighted by atomic mass is 32.1. The molecule has 2 heterocycles. The predicted octanol–water partition coefficient (Wildman–Crippen LogP) is 15.1. The van der Waals surface area contributed by atoms with Crippen LogP contribution in [0.2, 0.25) is 0 Å². The number of aromatic nitrogens is 1. The quantitative estimate of drug-likeness (QED) is 0.156. The van der Waals surface area contributed by atoms with Crippen molar-refractivity contribution in [1.29, 1.82) is 0 Å². The zero-order valence-electron chi connectivity index (χ0n) is 30.1. The van der Waals surface area contributed by atoms with E-state index in [1.165, 1.54) is 69.9 Å². The molecule has 0 saturated heterocycles. The van der Waals surface area contributed by atoms with E-state index in [4.69, 9.17) is 0 Å². The van der Waals surface area contributed by atoms with E-state index in [9.17, 15) is 0 Å². The number of hydrogen-bond donors (Lipinski definition) is 0. The summed E-state index contributed by atoms with van der Waals surface area (Å²) in [5, 5.41) is 5.11. The van der Waals surface area contributed by atoms with E-state index in [0.29, 0.717) is 0 Å². The van der Waals surface area contributed by atoms with Crippen molar-refractivity contribution in [2.45, 2.75) is 6.92 Å². The summed E-state index contributed by atoms with van der Waals surface area (Å²) in [6.45, 7) is 5.25. The molecule has 0 unspecified atom stereocenters. The van der Waals surface area contributed by atoms with Crippen LogP contribution in [0, 0.1) is 0 Å². The summed E-state index contributed by atoms with van der Waals surface area (Å²) >= 11 is 1.87. The zero-order chi connectivity index (χ0) is 36.4. The Bertz CT molecular complexity index is 2900. The van der Waals surface area contributed by atoms with Crippen LogP contribution in [0.1, 0.15) is 6.92 Å². The number of allylic oxidation sites excluding steroid dienone is 1. The molecule has 10 aromatic rings. The molecule has 0 aliphatic carbocycles. The van der Waals surface area contributed by atoms with Gasteiger partial charge in [-0.25, -0.2) is 0 Å². The second kappa shape index (κ2) is 14.4. The van der Waals surface area contributed by atoms with Crippen LogP contribution in [-0.2, 0) is 0 Å². The summed E-state index contributed by atoms with van der Waals surface area (Å²) in [6, 6.07) is 70.3. The van der Waals surface area contributed by atoms with E-state index in [0.717, 1.165) is 17.1 Å². The van der Waals surface area contributed by atoms with Crippen LogP contribution < -0.4 is 4.90 Å². The highest BCUT2D eigenvalue weighted by Crippen LogP contribution is 2.44. The van der Waals surface area contributed by atoms with Crippen LogP contribution in [0.3, 0.4) is 0 Å². The summed E-state index contributed by atoms with van der Waals surface area (Å²) < 4.78 is 5.09. The lowest BCUT2D eigenvalue weighted by atomic mass is 9.99. The number of rotatable bonds is 6. The Morgan fingerprint density at radius 2 is 1.06 bits per heavy atom. The lowest BCUT2D eigenvalue weighted by Crippen LogP contribution is -2.11. The van der Waals surface area contributed by atoms with Gasteiger partial charge in [-0.05, 0) is 90.3 Å². The van der Waals surface area contributed by atoms with Crippen molar-refractivity contribution in [3.05, 3.63) is 207 Å². The molecule has 3 heteroatoms. The van der Waals surface area contributed by atoms with Crippen molar-refractivity contribution in [1.82, 2.24) is 4.57 Å². The van der Waals surface area contributed by atoms with Crippen LogP contribution in [0.4, 0.5) is 17.1 Å². The number of nitrogens with zero attached hydrogens (tertiary/aromatic N) is 2. The molecule has 0 saturated carbocycles. The van der Waals surface area contributed by atoms with Crippen LogP contribution in [-0.4, -0.2) is 4.57 Å². The number of benzene rings is 8. The first kappa shape index (κ1) is 33.2. The molecule has 54 heavy (non-hydrogen) atoms. The van der Waals surface area contributed by atoms with Gasteiger partial charge in [-0.3, -0.25) is 0 Å². The van der Waals surface area contributed by atoms with Crippen LogP contribution in [0.15, 0.2) is 207 Å². The minimum Gasteiger partial charge on any atom is -0.310 e. The van der Waals surface area contributed by atoms with E-state index in [1.54, 1.807) is 6.08 Å². The molecule has 2 nitrogen and oxygen atoms in total. The SMILES string of the molecule is C=CC.c1ccc(-c2ccc(N(c3ccccc3)c3ccccc3-c3ccc4c(c3)c3ccccc3n4-c3cccc4sc5ccccc5c34)cc2)cc1. The Kier molecular flexibility index (Phi) is 8.84. The van der Waals surface area contributed by atoms with Gasteiger partial charge < -0.3 is 9.47 Å². The molecule has 0 radical (unpaired) electrons. The van der Waals surface area contributed by atoms with Gasteiger partial charge in [-0.1, -0.05) is 133 Å². The fraction of sp³-hybridized carbons (Fsp3) is 0.0196. The Hall–Kier alpha value is -6.68. The van der Waals surface area contributed by atoms with Gasteiger partial charge >= 0.3 is 0 Å². The Morgan fingerprint density at radius 1 is 0.481 bits per heavy atom. The largest absolute Gasteiger partial charge is 0.310 e. The maximum Gasteiger partial charge on any atom is 0.0555 e. The van der Waals surface area contributed by atoms with Crippen LogP contribution in [0.5, 0.6) is 0 Å². The fourth-order valence-corrected chi connectivity index (χ4v) is 8.82. The van der Waals surface area contributed by atoms with Gasteiger partial charge in [0.15, 0.2) is 0 Å². The van der Waals surface area contributed by atoms with E-state index in [1.807, 2.05) is 18.3 Å². The molecule has 8 aromatic carbocycles. The molecule has 0 N–H and O–H groups in total. The molecule has 2 aromatic heterocycles. The maximum absolute atomic E-state index is 3.36. The first-order valence-electron chi connectivity index (χ1n) is 18.3. The first-order valence-corrected chi connectivity index (χ1v) is 19.2. The number of thiophene rings is 1. The van der Waals surface area contributed by atoms with Gasteiger partial charge in [0.1, 0.15) is 0 Å². The molecule has 0 aliphatic heterocycles. The number of anilines is 3. The Balaban J connectivity index is 0.00000124. The second-order valence-electron chi connectivity index (χ2n) is 13.3. The van der Waals surface area contributed by atoms with Gasteiger partial charge in [-0.2, -0.15) is 0 Å². The van der Waals surface area contributed by atoms with Gasteiger partial charge in [0.25, 0.3) is 0 Å². The smallest absolute Gasteiger partial charge is 0.0555 e. The molecule has 0 bridgehead atoms. The minimum atomic E-state index is 1.11. The third kappa shape index (κ3) is 5.85. The summed E-state index contributed by atoms with van der Waals surface area (Å²) in [5.41, 5.74) is 11.8. The molecule has 0 aliphatic rings. The van der Waals surface area contributed by atoms with Gasteiger partial charge in [0, 0.05) is 47.9 Å². The van der Waals surface area contributed by atoms with E-state index < -0.39 is 0 Å². The van der Waals surface area contributed by atoms with E-state index in [2.05, 4.69) is 210 Å². The summed E-state index contributed by atoms with van der Waals surface area (Å²) in [7, 11) is 0. The molecule has 0 amide bonds. The molecule has 0 spiro atoms. The van der Waals surface area contributed by atoms with Crippen molar-refractivity contribution in [2.24, 2.45) is 0 Å². The van der Waals surface area contributed by atoms with E-state index in [-0.39, 0.29) is 0 Å². The van der Waals surface area contributed by atoms with Crippen molar-refractivity contribution in [3.63, 3.8) is 0 Å². The number of fused-ring (bicyclic) bond motifs is 6. The summed E-state index contributed by atoms with van der Waals surface area (Å²) in [5.74, 6) is 0. The molecular formula is C51H38N2S. The van der Waals surface area contributed by atoms with Crippen LogP contribution in [0.25, 0.3) is 69.9 Å². The molecule has 258 valence electrons. The molecular weight excluding hydrogens is 673 g/mol. The van der Waals surface area contributed by atoms with Gasteiger partial charge in [0.05, 0.1) is 22.4 Å². The minimum absolute atomic E-state index is 1.11. The van der Waals surface area contributed by atoms with Crippen molar-refractivity contribution in [3.8, 4) is 27.9 Å². The summed E-state index contributed by atoms with van der Waals surface area (Å²) in [4.78, 5) is 2.37. The molecule has 10 rings (SSSR count). The Morgan fingerprint density at radius 3 is 1.85 bits per heavy atom. The third-order valence-electron chi connectivity index (χ3n) is 10.00. The second-order valence-corrected chi connectivity index (χ2v) is 14.4. The van der Waals surface area contributed by atoms with Crippen molar-refractivity contribution >= 4 is 70.4 Å². The monoisotopic (exact) mass is 710 g/mol. The fourth-order valence-electron chi connectivity index (χ4n) is 7.69. The van der Waals surface area contributed by atoms with Crippen molar-refractivity contribution in [2.75, 3.05) is 4.90 Å². The normalized spacial score (nSPS) is 11.1. The highest BCUT2D eigenvalue weighted by Gasteiger charge is 2.20. The van der Waals surface area contributed by atoms with Gasteiger partial charge in [-0.15, -0.1) is 17.9 Å². The zero-order valence-corrected chi connectivity index (χ0v) is 30.9. The highest BCUT2D eigenvalue weighted by molar-refractivity contribution is 7.25. The van der Waals surface area contributed by atoms with Gasteiger partial charge in [0.2, 0.25) is 0 Å². The summed E-state index contributed by atoms with van der Waals surface area (Å²) in [6.07, 6.45) is 1.75. The predicted molar refractivity (Wildman–Crippen MR) is 235 cm³/mol. The number of hydrogen-bond acceptors (Lipinski definition) is 2. The van der Waals surface area contributed by atoms with E-state index >= 15 is 0 Å². The Labute approximate surface area is 320 Å². The lowest BCUT2D eigenvalue weighted by Gasteiger charge is -2.28. The maximum atomic E-state index is 3.36. The molecule has 0 fully saturated rings. The topological polar surface area (TPSA) is 8.17 Å². The lowest BCUT2D eigenvalue weighted by molar-refractivity contribution is 1.20. The van der Waals surface area contributed by atoms with Crippen molar-refractivity contribution < 1.29 is 0 Å². The van der Waals surface area contributed by atoms with Crippen LogP contribution >= 0.6 is 11.3 Å². The average Bonchev–Trinajstić information content (AvgIpc) is 3.78. The molecule has 0 atom stereocenters. The average molecular weight is 711 g/mol. The number of para-hydroxylation sites is 3.